The Hall–Kier alpha value is -2.09. The van der Waals surface area contributed by atoms with Crippen LogP contribution in [-0.4, -0.2) is 5.91 Å². The Kier molecular flexibility index (Phi) is 2.86. The third-order valence-corrected chi connectivity index (χ3v) is 3.76. The van der Waals surface area contributed by atoms with Gasteiger partial charge in [-0.1, -0.05) is 31.2 Å². The van der Waals surface area contributed by atoms with Gasteiger partial charge in [-0.05, 0) is 53.3 Å². The Bertz CT molecular complexity index is 658. The molecule has 1 aliphatic heterocycles. The molecule has 0 fully saturated rings. The van der Waals surface area contributed by atoms with E-state index in [2.05, 4.69) is 49.5 Å². The molecule has 0 saturated carbocycles. The predicted octanol–water partition coefficient (Wildman–Crippen LogP) is 3.72. The number of aryl methyl sites for hydroxylation is 2. The Morgan fingerprint density at radius 3 is 2.84 bits per heavy atom. The van der Waals surface area contributed by atoms with E-state index < -0.39 is 0 Å². The highest BCUT2D eigenvalue weighted by molar-refractivity contribution is 5.99. The van der Waals surface area contributed by atoms with Crippen molar-refractivity contribution < 1.29 is 4.79 Å². The molecule has 3 rings (SSSR count). The summed E-state index contributed by atoms with van der Waals surface area (Å²) in [6.45, 7) is 4.32. The van der Waals surface area contributed by atoms with Crippen LogP contribution in [0.3, 0.4) is 0 Å². The number of hydrogen-bond donors (Lipinski definition) is 1. The fraction of sp³-hybridized carbons (Fsp3) is 0.235. The molecule has 1 amide bonds. The normalized spacial score (nSPS) is 13.3. The highest BCUT2D eigenvalue weighted by Crippen LogP contribution is 2.32. The van der Waals surface area contributed by atoms with Gasteiger partial charge in [0, 0.05) is 5.69 Å². The van der Waals surface area contributed by atoms with Crippen LogP contribution in [0.4, 0.5) is 5.69 Å². The molecule has 2 aromatic carbocycles. The third kappa shape index (κ3) is 2.03. The SMILES string of the molecule is CCc1cccc(C)c1-c1ccc2c(c1)CC(=O)N2. The molecule has 1 aliphatic rings. The van der Waals surface area contributed by atoms with E-state index in [0.717, 1.165) is 17.7 Å². The van der Waals surface area contributed by atoms with Gasteiger partial charge in [0.1, 0.15) is 0 Å². The van der Waals surface area contributed by atoms with Crippen molar-refractivity contribution in [3.05, 3.63) is 53.1 Å². The maximum atomic E-state index is 11.4. The van der Waals surface area contributed by atoms with Gasteiger partial charge >= 0.3 is 0 Å². The zero-order valence-corrected chi connectivity index (χ0v) is 11.3. The molecule has 1 heterocycles. The molecule has 0 atom stereocenters. The summed E-state index contributed by atoms with van der Waals surface area (Å²) < 4.78 is 0. The number of nitrogens with one attached hydrogen (secondary N) is 1. The van der Waals surface area contributed by atoms with Gasteiger partial charge in [0.05, 0.1) is 6.42 Å². The van der Waals surface area contributed by atoms with Crippen molar-refractivity contribution in [2.45, 2.75) is 26.7 Å². The number of fused-ring (bicyclic) bond motifs is 1. The molecule has 2 aromatic rings. The molecule has 0 saturated heterocycles. The smallest absolute Gasteiger partial charge is 0.228 e. The topological polar surface area (TPSA) is 29.1 Å². The molecular formula is C17H17NO. The zero-order valence-electron chi connectivity index (χ0n) is 11.3. The maximum absolute atomic E-state index is 11.4. The van der Waals surface area contributed by atoms with Gasteiger partial charge in [-0.3, -0.25) is 4.79 Å². The summed E-state index contributed by atoms with van der Waals surface area (Å²) in [5, 5.41) is 2.88. The second-order valence-electron chi connectivity index (χ2n) is 5.06. The second-order valence-corrected chi connectivity index (χ2v) is 5.06. The first-order chi connectivity index (χ1) is 9.19. The molecule has 2 nitrogen and oxygen atoms in total. The van der Waals surface area contributed by atoms with Crippen molar-refractivity contribution >= 4 is 11.6 Å². The maximum Gasteiger partial charge on any atom is 0.228 e. The number of carbonyl (C=O) groups is 1. The molecule has 0 radical (unpaired) electrons. The lowest BCUT2D eigenvalue weighted by molar-refractivity contribution is -0.115. The van der Waals surface area contributed by atoms with Crippen LogP contribution >= 0.6 is 0 Å². The first-order valence-corrected chi connectivity index (χ1v) is 6.70. The summed E-state index contributed by atoms with van der Waals surface area (Å²) >= 11 is 0. The molecule has 19 heavy (non-hydrogen) atoms. The molecule has 0 unspecified atom stereocenters. The van der Waals surface area contributed by atoms with Crippen molar-refractivity contribution in [2.75, 3.05) is 5.32 Å². The van der Waals surface area contributed by atoms with Gasteiger partial charge < -0.3 is 5.32 Å². The van der Waals surface area contributed by atoms with Gasteiger partial charge in [0.2, 0.25) is 5.91 Å². The summed E-state index contributed by atoms with van der Waals surface area (Å²) in [6.07, 6.45) is 1.52. The van der Waals surface area contributed by atoms with Crippen molar-refractivity contribution in [3.63, 3.8) is 0 Å². The molecule has 1 N–H and O–H groups in total. The van der Waals surface area contributed by atoms with E-state index in [-0.39, 0.29) is 5.91 Å². The Morgan fingerprint density at radius 1 is 1.21 bits per heavy atom. The lowest BCUT2D eigenvalue weighted by Crippen LogP contribution is -2.03. The van der Waals surface area contributed by atoms with Gasteiger partial charge in [-0.25, -0.2) is 0 Å². The molecular weight excluding hydrogens is 234 g/mol. The van der Waals surface area contributed by atoms with Crippen LogP contribution in [0.1, 0.15) is 23.6 Å². The number of benzene rings is 2. The third-order valence-electron chi connectivity index (χ3n) is 3.76. The van der Waals surface area contributed by atoms with Crippen LogP contribution < -0.4 is 5.32 Å². The van der Waals surface area contributed by atoms with Gasteiger partial charge in [0.25, 0.3) is 0 Å². The van der Waals surface area contributed by atoms with Gasteiger partial charge in [-0.2, -0.15) is 0 Å². The largest absolute Gasteiger partial charge is 0.326 e. The number of amides is 1. The molecule has 0 aliphatic carbocycles. The van der Waals surface area contributed by atoms with Crippen LogP contribution in [-0.2, 0) is 17.6 Å². The van der Waals surface area contributed by atoms with Crippen molar-refractivity contribution in [2.24, 2.45) is 0 Å². The fourth-order valence-corrected chi connectivity index (χ4v) is 2.82. The Balaban J connectivity index is 2.14. The lowest BCUT2D eigenvalue weighted by atomic mass is 9.92. The number of hydrogen-bond acceptors (Lipinski definition) is 1. The molecule has 0 aromatic heterocycles. The summed E-state index contributed by atoms with van der Waals surface area (Å²) in [4.78, 5) is 11.4. The minimum Gasteiger partial charge on any atom is -0.326 e. The highest BCUT2D eigenvalue weighted by Gasteiger charge is 2.18. The van der Waals surface area contributed by atoms with E-state index in [0.29, 0.717) is 6.42 Å². The Labute approximate surface area is 113 Å². The first kappa shape index (κ1) is 12.0. The average Bonchev–Trinajstić information content (AvgIpc) is 2.77. The van der Waals surface area contributed by atoms with Gasteiger partial charge in [-0.15, -0.1) is 0 Å². The molecule has 0 bridgehead atoms. The van der Waals surface area contributed by atoms with Crippen molar-refractivity contribution in [1.29, 1.82) is 0 Å². The second kappa shape index (κ2) is 4.54. The quantitative estimate of drug-likeness (QED) is 0.866. The van der Waals surface area contributed by atoms with Crippen LogP contribution in [0.25, 0.3) is 11.1 Å². The van der Waals surface area contributed by atoms with E-state index in [4.69, 9.17) is 0 Å². The zero-order chi connectivity index (χ0) is 13.4. The Morgan fingerprint density at radius 2 is 2.05 bits per heavy atom. The van der Waals surface area contributed by atoms with Crippen molar-refractivity contribution in [3.8, 4) is 11.1 Å². The van der Waals surface area contributed by atoms with Crippen LogP contribution in [0.5, 0.6) is 0 Å². The lowest BCUT2D eigenvalue weighted by Gasteiger charge is -2.12. The van der Waals surface area contributed by atoms with Crippen LogP contribution in [0.15, 0.2) is 36.4 Å². The summed E-state index contributed by atoms with van der Waals surface area (Å²) in [5.74, 6) is 0.0904. The minimum absolute atomic E-state index is 0.0904. The van der Waals surface area contributed by atoms with Crippen LogP contribution in [0, 0.1) is 6.92 Å². The summed E-state index contributed by atoms with van der Waals surface area (Å²) in [6, 6.07) is 12.7. The number of carbonyl (C=O) groups excluding carboxylic acids is 1. The fourth-order valence-electron chi connectivity index (χ4n) is 2.82. The van der Waals surface area contributed by atoms with E-state index in [1.807, 2.05) is 6.07 Å². The molecule has 96 valence electrons. The molecule has 2 heteroatoms. The average molecular weight is 251 g/mol. The number of anilines is 1. The number of rotatable bonds is 2. The standard InChI is InChI=1S/C17H17NO/c1-3-12-6-4-5-11(2)17(12)13-7-8-15-14(9-13)10-16(19)18-15/h4-9H,3,10H2,1-2H3,(H,18,19). The highest BCUT2D eigenvalue weighted by atomic mass is 16.1. The summed E-state index contributed by atoms with van der Waals surface area (Å²) in [7, 11) is 0. The predicted molar refractivity (Wildman–Crippen MR) is 78.3 cm³/mol. The van der Waals surface area contributed by atoms with E-state index in [1.54, 1.807) is 0 Å². The van der Waals surface area contributed by atoms with Gasteiger partial charge in [0.15, 0.2) is 0 Å². The van der Waals surface area contributed by atoms with Crippen LogP contribution in [0.2, 0.25) is 0 Å². The van der Waals surface area contributed by atoms with Crippen molar-refractivity contribution in [1.82, 2.24) is 0 Å². The van der Waals surface area contributed by atoms with E-state index >= 15 is 0 Å². The monoisotopic (exact) mass is 251 g/mol. The minimum atomic E-state index is 0.0904. The molecule has 0 spiro atoms. The van der Waals surface area contributed by atoms with E-state index in [9.17, 15) is 4.79 Å². The van der Waals surface area contributed by atoms with E-state index in [1.165, 1.54) is 22.3 Å². The first-order valence-electron chi connectivity index (χ1n) is 6.70. The summed E-state index contributed by atoms with van der Waals surface area (Å²) in [5.41, 5.74) is 7.24.